The summed E-state index contributed by atoms with van der Waals surface area (Å²) in [5.41, 5.74) is 5.65. The van der Waals surface area contributed by atoms with Gasteiger partial charge in [0.2, 0.25) is 10.0 Å². The minimum atomic E-state index is -3.15. The first-order chi connectivity index (χ1) is 7.81. The largest absolute Gasteiger partial charge is 0.330 e. The molecule has 0 unspecified atom stereocenters. The molecular formula is C12H28N2O2S. The first-order valence-electron chi connectivity index (χ1n) is 6.48. The molecule has 0 saturated carbocycles. The molecule has 4 nitrogen and oxygen atoms in total. The molecule has 0 bridgehead atoms. The second kappa shape index (κ2) is 7.34. The minimum Gasteiger partial charge on any atom is -0.330 e. The van der Waals surface area contributed by atoms with Crippen LogP contribution < -0.4 is 10.5 Å². The molecule has 0 atom stereocenters. The van der Waals surface area contributed by atoms with E-state index in [0.717, 1.165) is 12.8 Å². The van der Waals surface area contributed by atoms with Crippen molar-refractivity contribution in [1.29, 1.82) is 0 Å². The molecule has 0 aliphatic rings. The minimum absolute atomic E-state index is 0.0924. The maximum Gasteiger partial charge on any atom is 0.211 e. The zero-order valence-electron chi connectivity index (χ0n) is 11.6. The van der Waals surface area contributed by atoms with Gasteiger partial charge in [-0.3, -0.25) is 0 Å². The van der Waals surface area contributed by atoms with Crippen molar-refractivity contribution in [1.82, 2.24) is 4.72 Å². The van der Waals surface area contributed by atoms with Gasteiger partial charge in [-0.2, -0.15) is 0 Å². The predicted octanol–water partition coefficient (Wildman–Crippen LogP) is 1.72. The van der Waals surface area contributed by atoms with E-state index in [-0.39, 0.29) is 11.2 Å². The van der Waals surface area contributed by atoms with Crippen LogP contribution in [0.3, 0.4) is 0 Å². The lowest BCUT2D eigenvalue weighted by Gasteiger charge is -2.30. The van der Waals surface area contributed by atoms with E-state index in [2.05, 4.69) is 18.6 Å². The Morgan fingerprint density at radius 2 is 1.76 bits per heavy atom. The highest BCUT2D eigenvalue weighted by molar-refractivity contribution is 7.89. The van der Waals surface area contributed by atoms with Crippen LogP contribution in [0.5, 0.6) is 0 Å². The van der Waals surface area contributed by atoms with E-state index in [0.29, 0.717) is 25.4 Å². The Hall–Kier alpha value is -0.130. The first-order valence-corrected chi connectivity index (χ1v) is 8.13. The second-order valence-electron chi connectivity index (χ2n) is 5.23. The van der Waals surface area contributed by atoms with Gasteiger partial charge in [-0.15, -0.1) is 0 Å². The molecular weight excluding hydrogens is 236 g/mol. The molecule has 0 rings (SSSR count). The Bertz CT molecular complexity index is 287. The summed E-state index contributed by atoms with van der Waals surface area (Å²) in [5, 5.41) is 0. The monoisotopic (exact) mass is 264 g/mol. The lowest BCUT2D eigenvalue weighted by atomic mass is 9.83. The van der Waals surface area contributed by atoms with Gasteiger partial charge in [-0.1, -0.05) is 27.7 Å². The van der Waals surface area contributed by atoms with Gasteiger partial charge in [-0.25, -0.2) is 13.1 Å². The van der Waals surface area contributed by atoms with Crippen LogP contribution in [0.25, 0.3) is 0 Å². The molecule has 0 heterocycles. The van der Waals surface area contributed by atoms with Crippen LogP contribution in [0.1, 0.15) is 47.0 Å². The highest BCUT2D eigenvalue weighted by Crippen LogP contribution is 2.23. The second-order valence-corrected chi connectivity index (χ2v) is 7.16. The van der Waals surface area contributed by atoms with Crippen LogP contribution in [0.4, 0.5) is 0 Å². The molecule has 5 heteroatoms. The maximum atomic E-state index is 11.8. The third kappa shape index (κ3) is 6.38. The van der Waals surface area contributed by atoms with Gasteiger partial charge in [0, 0.05) is 6.54 Å². The van der Waals surface area contributed by atoms with E-state index >= 15 is 0 Å². The summed E-state index contributed by atoms with van der Waals surface area (Å²) in [4.78, 5) is 0. The van der Waals surface area contributed by atoms with Gasteiger partial charge in [0.1, 0.15) is 0 Å². The fourth-order valence-electron chi connectivity index (χ4n) is 1.59. The molecule has 0 fully saturated rings. The summed E-state index contributed by atoms with van der Waals surface area (Å²) in [7, 11) is -3.15. The van der Waals surface area contributed by atoms with Gasteiger partial charge in [0.25, 0.3) is 0 Å². The van der Waals surface area contributed by atoms with Crippen LogP contribution in [0.2, 0.25) is 0 Å². The number of sulfonamides is 1. The molecule has 0 aromatic carbocycles. The zero-order valence-corrected chi connectivity index (χ0v) is 12.4. The molecule has 17 heavy (non-hydrogen) atoms. The van der Waals surface area contributed by atoms with Crippen LogP contribution >= 0.6 is 0 Å². The molecule has 0 aliphatic carbocycles. The number of nitrogens with one attached hydrogen (secondary N) is 1. The Morgan fingerprint density at radius 1 is 1.24 bits per heavy atom. The van der Waals surface area contributed by atoms with Crippen LogP contribution in [-0.4, -0.2) is 27.3 Å². The smallest absolute Gasteiger partial charge is 0.211 e. The summed E-state index contributed by atoms with van der Waals surface area (Å²) in [6, 6.07) is 0. The number of hydrogen-bond acceptors (Lipinski definition) is 3. The van der Waals surface area contributed by atoms with Crippen molar-refractivity contribution < 1.29 is 8.42 Å². The van der Waals surface area contributed by atoms with Gasteiger partial charge >= 0.3 is 0 Å². The molecule has 0 aliphatic heterocycles. The van der Waals surface area contributed by atoms with Crippen molar-refractivity contribution in [3.05, 3.63) is 0 Å². The topological polar surface area (TPSA) is 72.2 Å². The van der Waals surface area contributed by atoms with Gasteiger partial charge < -0.3 is 5.73 Å². The van der Waals surface area contributed by atoms with E-state index in [9.17, 15) is 8.42 Å². The van der Waals surface area contributed by atoms with Gasteiger partial charge in [0.15, 0.2) is 0 Å². The molecule has 104 valence electrons. The third-order valence-electron chi connectivity index (χ3n) is 3.56. The zero-order chi connectivity index (χ0) is 13.5. The Balaban J connectivity index is 4.33. The lowest BCUT2D eigenvalue weighted by Crippen LogP contribution is -2.42. The Morgan fingerprint density at radius 3 is 2.12 bits per heavy atom. The molecule has 0 radical (unpaired) electrons. The van der Waals surface area contributed by atoms with Gasteiger partial charge in [-0.05, 0) is 37.1 Å². The number of rotatable bonds is 9. The maximum absolute atomic E-state index is 11.8. The molecule has 0 saturated heterocycles. The van der Waals surface area contributed by atoms with Crippen LogP contribution in [0, 0.1) is 11.3 Å². The molecule has 0 aromatic heterocycles. The SMILES string of the molecule is CCC(CC)(CN)CNS(=O)(=O)CCC(C)C. The quantitative estimate of drug-likeness (QED) is 0.666. The van der Waals surface area contributed by atoms with E-state index in [1.165, 1.54) is 0 Å². The summed E-state index contributed by atoms with van der Waals surface area (Å²) in [6.45, 7) is 9.14. The van der Waals surface area contributed by atoms with Crippen molar-refractivity contribution >= 4 is 10.0 Å². The Labute approximate surface area is 106 Å². The van der Waals surface area contributed by atoms with Crippen molar-refractivity contribution in [2.24, 2.45) is 17.1 Å². The fraction of sp³-hybridized carbons (Fsp3) is 1.00. The highest BCUT2D eigenvalue weighted by atomic mass is 32.2. The summed E-state index contributed by atoms with van der Waals surface area (Å²) in [6.07, 6.45) is 2.49. The number of hydrogen-bond donors (Lipinski definition) is 2. The van der Waals surface area contributed by atoms with E-state index in [4.69, 9.17) is 5.73 Å². The van der Waals surface area contributed by atoms with Crippen molar-refractivity contribution in [3.8, 4) is 0 Å². The number of nitrogens with two attached hydrogens (primary N) is 1. The highest BCUT2D eigenvalue weighted by Gasteiger charge is 2.26. The van der Waals surface area contributed by atoms with Crippen molar-refractivity contribution in [2.75, 3.05) is 18.8 Å². The normalized spacial score (nSPS) is 13.3. The van der Waals surface area contributed by atoms with E-state index in [1.807, 2.05) is 13.8 Å². The summed E-state index contributed by atoms with van der Waals surface area (Å²) < 4.78 is 26.3. The van der Waals surface area contributed by atoms with Crippen LogP contribution in [-0.2, 0) is 10.0 Å². The van der Waals surface area contributed by atoms with Crippen molar-refractivity contribution in [3.63, 3.8) is 0 Å². The van der Waals surface area contributed by atoms with E-state index in [1.54, 1.807) is 0 Å². The summed E-state index contributed by atoms with van der Waals surface area (Å²) in [5.74, 6) is 0.613. The molecule has 0 amide bonds. The fourth-order valence-corrected chi connectivity index (χ4v) is 3.04. The average Bonchev–Trinajstić information content (AvgIpc) is 2.29. The first kappa shape index (κ1) is 16.9. The molecule has 3 N–H and O–H groups in total. The lowest BCUT2D eigenvalue weighted by molar-refractivity contribution is 0.275. The van der Waals surface area contributed by atoms with E-state index < -0.39 is 10.0 Å². The van der Waals surface area contributed by atoms with Crippen molar-refractivity contribution in [2.45, 2.75) is 47.0 Å². The van der Waals surface area contributed by atoms with Gasteiger partial charge in [0.05, 0.1) is 5.75 Å². The molecule has 0 spiro atoms. The standard InChI is InChI=1S/C12H28N2O2S/c1-5-12(6-2,9-13)10-14-17(15,16)8-7-11(3)4/h11,14H,5-10,13H2,1-4H3. The predicted molar refractivity (Wildman–Crippen MR) is 73.3 cm³/mol. The third-order valence-corrected chi connectivity index (χ3v) is 4.92. The molecule has 0 aromatic rings. The average molecular weight is 264 g/mol. The Kier molecular flexibility index (Phi) is 7.28. The van der Waals surface area contributed by atoms with Crippen LogP contribution in [0.15, 0.2) is 0 Å². The summed E-state index contributed by atoms with van der Waals surface area (Å²) >= 11 is 0.